The van der Waals surface area contributed by atoms with Crippen LogP contribution >= 0.6 is 15.9 Å². The minimum absolute atomic E-state index is 0.424. The average molecular weight is 551 g/mol. The van der Waals surface area contributed by atoms with E-state index in [1.54, 1.807) is 6.07 Å². The summed E-state index contributed by atoms with van der Waals surface area (Å²) in [7, 11) is 1.90. The second kappa shape index (κ2) is 13.4. The van der Waals surface area contributed by atoms with E-state index in [0.717, 1.165) is 34.4 Å². The first-order chi connectivity index (χ1) is 17.4. The summed E-state index contributed by atoms with van der Waals surface area (Å²) in [4.78, 5) is 25.3. The van der Waals surface area contributed by atoms with Gasteiger partial charge in [-0.25, -0.2) is 4.79 Å². The third kappa shape index (κ3) is 7.68. The molecule has 1 aliphatic rings. The first kappa shape index (κ1) is 26.9. The SMILES string of the molecule is CNc1ccc(C(=N)N2CCCC2)cc1.Cc1ccc(NC(=O)NC(C=O)c2ccccc2Br)cc1. The van der Waals surface area contributed by atoms with Crippen molar-refractivity contribution in [3.05, 3.63) is 94.0 Å². The number of hydrogen-bond donors (Lipinski definition) is 4. The molecule has 3 aromatic rings. The van der Waals surface area contributed by atoms with Crippen LogP contribution in [0, 0.1) is 12.3 Å². The zero-order valence-corrected chi connectivity index (χ0v) is 22.1. The van der Waals surface area contributed by atoms with E-state index in [9.17, 15) is 9.59 Å². The first-order valence-electron chi connectivity index (χ1n) is 11.9. The van der Waals surface area contributed by atoms with Crippen molar-refractivity contribution < 1.29 is 9.59 Å². The standard InChI is InChI=1S/C16H15BrN2O2.C12H17N3/c1-11-6-8-12(9-7-11)18-16(21)19-15(10-20)13-4-2-3-5-14(13)17;1-14-11-6-4-10(5-7-11)12(13)15-8-2-3-9-15/h2-10,15H,1H3,(H2,18,19,21);4-7,13-14H,2-3,8-9H2,1H3. The molecule has 7 nitrogen and oxygen atoms in total. The summed E-state index contributed by atoms with van der Waals surface area (Å²) in [5, 5.41) is 16.5. The maximum atomic E-state index is 12.0. The van der Waals surface area contributed by atoms with Crippen molar-refractivity contribution in [2.75, 3.05) is 30.8 Å². The van der Waals surface area contributed by atoms with Crippen LogP contribution in [0.25, 0.3) is 0 Å². The van der Waals surface area contributed by atoms with Gasteiger partial charge in [-0.1, -0.05) is 51.8 Å². The highest BCUT2D eigenvalue weighted by molar-refractivity contribution is 9.10. The molecule has 1 atom stereocenters. The minimum atomic E-state index is -0.703. The maximum Gasteiger partial charge on any atom is 0.320 e. The monoisotopic (exact) mass is 549 g/mol. The van der Waals surface area contributed by atoms with Crippen LogP contribution in [0.3, 0.4) is 0 Å². The number of urea groups is 1. The van der Waals surface area contributed by atoms with E-state index in [1.165, 1.54) is 12.8 Å². The Balaban J connectivity index is 0.000000212. The molecule has 4 N–H and O–H groups in total. The lowest BCUT2D eigenvalue weighted by molar-refractivity contribution is -0.109. The van der Waals surface area contributed by atoms with E-state index in [0.29, 0.717) is 23.4 Å². The summed E-state index contributed by atoms with van der Waals surface area (Å²) >= 11 is 3.37. The highest BCUT2D eigenvalue weighted by Crippen LogP contribution is 2.22. The van der Waals surface area contributed by atoms with Gasteiger partial charge in [0.15, 0.2) is 0 Å². The molecule has 36 heavy (non-hydrogen) atoms. The van der Waals surface area contributed by atoms with Crippen molar-refractivity contribution in [1.29, 1.82) is 5.41 Å². The molecule has 1 saturated heterocycles. The van der Waals surface area contributed by atoms with E-state index >= 15 is 0 Å². The molecule has 8 heteroatoms. The Hall–Kier alpha value is -3.65. The molecule has 1 heterocycles. The number of benzene rings is 3. The fourth-order valence-electron chi connectivity index (χ4n) is 3.78. The lowest BCUT2D eigenvalue weighted by atomic mass is 10.1. The van der Waals surface area contributed by atoms with Gasteiger partial charge in [0.2, 0.25) is 0 Å². The lowest BCUT2D eigenvalue weighted by Gasteiger charge is -2.18. The summed E-state index contributed by atoms with van der Waals surface area (Å²) in [6.07, 6.45) is 3.14. The van der Waals surface area contributed by atoms with Gasteiger partial charge in [0, 0.05) is 41.5 Å². The number of anilines is 2. The third-order valence-corrected chi connectivity index (χ3v) is 6.56. The van der Waals surface area contributed by atoms with Gasteiger partial charge < -0.3 is 25.6 Å². The largest absolute Gasteiger partial charge is 0.388 e. The fraction of sp³-hybridized carbons (Fsp3) is 0.250. The molecule has 0 bridgehead atoms. The van der Waals surface area contributed by atoms with E-state index in [1.807, 2.05) is 80.7 Å². The molecule has 2 amide bonds. The van der Waals surface area contributed by atoms with Crippen LogP contribution in [0.15, 0.2) is 77.3 Å². The zero-order chi connectivity index (χ0) is 25.9. The molecular formula is C28H32BrN5O2. The Morgan fingerprint density at radius 3 is 2.17 bits per heavy atom. The number of rotatable bonds is 6. The second-order valence-electron chi connectivity index (χ2n) is 8.47. The van der Waals surface area contributed by atoms with Crippen molar-refractivity contribution in [3.8, 4) is 0 Å². The van der Waals surface area contributed by atoms with E-state index < -0.39 is 12.1 Å². The molecule has 188 valence electrons. The average Bonchev–Trinajstić information content (AvgIpc) is 3.44. The van der Waals surface area contributed by atoms with E-state index in [2.05, 4.69) is 36.8 Å². The molecule has 4 rings (SSSR count). The molecule has 1 unspecified atom stereocenters. The molecule has 0 spiro atoms. The normalized spacial score (nSPS) is 13.1. The molecule has 0 aromatic heterocycles. The molecule has 0 radical (unpaired) electrons. The summed E-state index contributed by atoms with van der Waals surface area (Å²) in [6, 6.07) is 21.6. The van der Waals surface area contributed by atoms with Crippen molar-refractivity contribution in [2.45, 2.75) is 25.8 Å². The third-order valence-electron chi connectivity index (χ3n) is 5.84. The van der Waals surface area contributed by atoms with Gasteiger partial charge >= 0.3 is 6.03 Å². The number of aryl methyl sites for hydroxylation is 1. The predicted octanol–water partition coefficient (Wildman–Crippen LogP) is 5.97. The van der Waals surface area contributed by atoms with Crippen molar-refractivity contribution in [1.82, 2.24) is 10.2 Å². The molecule has 1 aliphatic heterocycles. The Morgan fingerprint density at radius 2 is 1.58 bits per heavy atom. The van der Waals surface area contributed by atoms with Crippen LogP contribution in [0.5, 0.6) is 0 Å². The number of nitrogens with zero attached hydrogens (tertiary/aromatic N) is 1. The summed E-state index contributed by atoms with van der Waals surface area (Å²) in [5.41, 5.74) is 4.60. The molecule has 0 aliphatic carbocycles. The number of aldehydes is 1. The van der Waals surface area contributed by atoms with Gasteiger partial charge in [-0.2, -0.15) is 0 Å². The van der Waals surface area contributed by atoms with Crippen molar-refractivity contribution in [3.63, 3.8) is 0 Å². The lowest BCUT2D eigenvalue weighted by Crippen LogP contribution is -2.33. The summed E-state index contributed by atoms with van der Waals surface area (Å²) in [5.74, 6) is 0.662. The Bertz CT molecular complexity index is 1160. The smallest absolute Gasteiger partial charge is 0.320 e. The highest BCUT2D eigenvalue weighted by atomic mass is 79.9. The summed E-state index contributed by atoms with van der Waals surface area (Å²) in [6.45, 7) is 4.04. The predicted molar refractivity (Wildman–Crippen MR) is 150 cm³/mol. The van der Waals surface area contributed by atoms with Gasteiger partial charge in [0.05, 0.1) is 0 Å². The Labute approximate surface area is 220 Å². The number of carbonyl (C=O) groups is 2. The zero-order valence-electron chi connectivity index (χ0n) is 20.6. The number of hydrogen-bond acceptors (Lipinski definition) is 4. The maximum absolute atomic E-state index is 12.0. The number of amides is 2. The van der Waals surface area contributed by atoms with Crippen LogP contribution in [-0.4, -0.2) is 43.2 Å². The minimum Gasteiger partial charge on any atom is -0.388 e. The molecule has 3 aromatic carbocycles. The number of likely N-dealkylation sites (tertiary alicyclic amines) is 1. The number of halogens is 1. The van der Waals surface area contributed by atoms with Crippen molar-refractivity contribution in [2.24, 2.45) is 0 Å². The van der Waals surface area contributed by atoms with Gasteiger partial charge in [0.1, 0.15) is 18.2 Å². The van der Waals surface area contributed by atoms with Crippen LogP contribution in [-0.2, 0) is 4.79 Å². The highest BCUT2D eigenvalue weighted by Gasteiger charge is 2.17. The van der Waals surface area contributed by atoms with Gasteiger partial charge in [0.25, 0.3) is 0 Å². The summed E-state index contributed by atoms with van der Waals surface area (Å²) < 4.78 is 0.776. The number of amidine groups is 1. The topological polar surface area (TPSA) is 97.3 Å². The van der Waals surface area contributed by atoms with E-state index in [4.69, 9.17) is 5.41 Å². The van der Waals surface area contributed by atoms with Gasteiger partial charge in [-0.15, -0.1) is 0 Å². The molecular weight excluding hydrogens is 518 g/mol. The van der Waals surface area contributed by atoms with Crippen LogP contribution in [0.4, 0.5) is 16.2 Å². The number of carbonyl (C=O) groups excluding carboxylic acids is 2. The van der Waals surface area contributed by atoms with Crippen molar-refractivity contribution >= 4 is 45.5 Å². The second-order valence-corrected chi connectivity index (χ2v) is 9.32. The molecule has 0 saturated carbocycles. The Morgan fingerprint density at radius 1 is 0.972 bits per heavy atom. The fourth-order valence-corrected chi connectivity index (χ4v) is 4.31. The van der Waals surface area contributed by atoms with Crippen LogP contribution in [0.2, 0.25) is 0 Å². The van der Waals surface area contributed by atoms with Gasteiger partial charge in [-0.05, 0) is 67.8 Å². The quantitative estimate of drug-likeness (QED) is 0.173. The van der Waals surface area contributed by atoms with Crippen LogP contribution < -0.4 is 16.0 Å². The van der Waals surface area contributed by atoms with E-state index in [-0.39, 0.29) is 0 Å². The van der Waals surface area contributed by atoms with Crippen LogP contribution in [0.1, 0.15) is 35.6 Å². The first-order valence-corrected chi connectivity index (χ1v) is 12.7. The number of nitrogens with one attached hydrogen (secondary N) is 4. The Kier molecular flexibility index (Phi) is 10.1. The van der Waals surface area contributed by atoms with Gasteiger partial charge in [-0.3, -0.25) is 5.41 Å². The molecule has 1 fully saturated rings.